The number of hydrogen-bond donors (Lipinski definition) is 2. The van der Waals surface area contributed by atoms with Gasteiger partial charge >= 0.3 is 0 Å². The van der Waals surface area contributed by atoms with Gasteiger partial charge in [-0.1, -0.05) is 42.5 Å². The van der Waals surface area contributed by atoms with Gasteiger partial charge in [0.05, 0.1) is 27.0 Å². The van der Waals surface area contributed by atoms with Crippen molar-refractivity contribution in [1.29, 1.82) is 0 Å². The number of nitrogens with one attached hydrogen (secondary N) is 2. The van der Waals surface area contributed by atoms with Gasteiger partial charge in [0.1, 0.15) is 11.5 Å². The second kappa shape index (κ2) is 10.4. The van der Waals surface area contributed by atoms with Gasteiger partial charge in [-0.25, -0.2) is 0 Å². The van der Waals surface area contributed by atoms with E-state index in [9.17, 15) is 9.59 Å². The summed E-state index contributed by atoms with van der Waals surface area (Å²) in [5.41, 5.74) is 1.22. The van der Waals surface area contributed by atoms with E-state index in [0.29, 0.717) is 22.8 Å². The van der Waals surface area contributed by atoms with E-state index in [-0.39, 0.29) is 12.2 Å². The maximum atomic E-state index is 13.1. The molecule has 0 radical (unpaired) electrons. The highest BCUT2D eigenvalue weighted by Gasteiger charge is 2.17. The molecular formula is C27H24N2O5. The summed E-state index contributed by atoms with van der Waals surface area (Å²) in [6.45, 7) is 0.185. The van der Waals surface area contributed by atoms with Crippen LogP contribution >= 0.6 is 0 Å². The third kappa shape index (κ3) is 5.10. The largest absolute Gasteiger partial charge is 0.493 e. The van der Waals surface area contributed by atoms with Crippen molar-refractivity contribution in [1.82, 2.24) is 10.6 Å². The number of furan rings is 1. The highest BCUT2D eigenvalue weighted by atomic mass is 16.5. The monoisotopic (exact) mass is 456 g/mol. The minimum absolute atomic E-state index is 0.0997. The second-order valence-corrected chi connectivity index (χ2v) is 7.41. The molecule has 0 saturated carbocycles. The summed E-state index contributed by atoms with van der Waals surface area (Å²) in [5.74, 6) is 0.613. The lowest BCUT2D eigenvalue weighted by molar-refractivity contribution is -0.118. The van der Waals surface area contributed by atoms with E-state index in [1.165, 1.54) is 20.5 Å². The summed E-state index contributed by atoms with van der Waals surface area (Å²) < 4.78 is 15.8. The number of methoxy groups -OCH3 is 2. The van der Waals surface area contributed by atoms with Crippen LogP contribution in [0.25, 0.3) is 16.8 Å². The van der Waals surface area contributed by atoms with Crippen LogP contribution in [0.5, 0.6) is 11.5 Å². The number of fused-ring (bicyclic) bond motifs is 1. The Kier molecular flexibility index (Phi) is 6.93. The third-order valence-electron chi connectivity index (χ3n) is 5.27. The van der Waals surface area contributed by atoms with Crippen LogP contribution < -0.4 is 20.1 Å². The summed E-state index contributed by atoms with van der Waals surface area (Å²) >= 11 is 0. The van der Waals surface area contributed by atoms with E-state index in [1.54, 1.807) is 36.4 Å². The van der Waals surface area contributed by atoms with E-state index < -0.39 is 11.8 Å². The van der Waals surface area contributed by atoms with Gasteiger partial charge in [0.25, 0.3) is 11.8 Å². The highest BCUT2D eigenvalue weighted by Crippen LogP contribution is 2.27. The molecule has 3 aromatic carbocycles. The fourth-order valence-corrected chi connectivity index (χ4v) is 3.54. The van der Waals surface area contributed by atoms with Crippen LogP contribution in [-0.2, 0) is 11.3 Å². The maximum absolute atomic E-state index is 13.1. The molecule has 0 atom stereocenters. The third-order valence-corrected chi connectivity index (χ3v) is 5.27. The molecule has 0 fully saturated rings. The van der Waals surface area contributed by atoms with Crippen molar-refractivity contribution in [2.75, 3.05) is 14.2 Å². The molecule has 0 unspecified atom stereocenters. The van der Waals surface area contributed by atoms with Crippen molar-refractivity contribution in [2.45, 2.75) is 6.54 Å². The van der Waals surface area contributed by atoms with Gasteiger partial charge in [0.15, 0.2) is 11.5 Å². The van der Waals surface area contributed by atoms with E-state index in [0.717, 1.165) is 16.3 Å². The number of rotatable bonds is 8. The van der Waals surface area contributed by atoms with E-state index in [4.69, 9.17) is 13.9 Å². The van der Waals surface area contributed by atoms with E-state index >= 15 is 0 Å². The quantitative estimate of drug-likeness (QED) is 0.380. The smallest absolute Gasteiger partial charge is 0.268 e. The second-order valence-electron chi connectivity index (χ2n) is 7.41. The van der Waals surface area contributed by atoms with E-state index in [2.05, 4.69) is 10.6 Å². The lowest BCUT2D eigenvalue weighted by Crippen LogP contribution is -2.34. The van der Waals surface area contributed by atoms with Crippen molar-refractivity contribution < 1.29 is 23.5 Å². The topological polar surface area (TPSA) is 89.8 Å². The average molecular weight is 456 g/mol. The van der Waals surface area contributed by atoms with Gasteiger partial charge < -0.3 is 24.5 Å². The summed E-state index contributed by atoms with van der Waals surface area (Å²) in [4.78, 5) is 26.2. The molecule has 4 rings (SSSR count). The van der Waals surface area contributed by atoms with Gasteiger partial charge in [0.2, 0.25) is 0 Å². The number of amides is 2. The fourth-order valence-electron chi connectivity index (χ4n) is 3.54. The minimum atomic E-state index is -0.458. The van der Waals surface area contributed by atoms with Crippen LogP contribution in [-0.4, -0.2) is 26.0 Å². The first-order valence-electron chi connectivity index (χ1n) is 10.6. The zero-order chi connectivity index (χ0) is 23.9. The molecule has 34 heavy (non-hydrogen) atoms. The SMILES string of the molecule is COc1ccc(C(=O)N/C(=C\c2cccc3ccccc23)C(=O)NCc2ccco2)cc1OC. The Morgan fingerprint density at radius 3 is 2.47 bits per heavy atom. The molecule has 2 N–H and O–H groups in total. The lowest BCUT2D eigenvalue weighted by atomic mass is 10.0. The molecule has 0 spiro atoms. The zero-order valence-corrected chi connectivity index (χ0v) is 18.8. The molecule has 7 nitrogen and oxygen atoms in total. The Bertz CT molecular complexity index is 1340. The summed E-state index contributed by atoms with van der Waals surface area (Å²) in [7, 11) is 3.01. The van der Waals surface area contributed by atoms with Crippen LogP contribution in [0.15, 0.2) is 89.2 Å². The number of ether oxygens (including phenoxy) is 2. The molecule has 4 aromatic rings. The van der Waals surface area contributed by atoms with Gasteiger partial charge in [-0.3, -0.25) is 9.59 Å². The Balaban J connectivity index is 1.66. The van der Waals surface area contributed by atoms with Crippen LogP contribution in [0.4, 0.5) is 0 Å². The Morgan fingerprint density at radius 1 is 0.912 bits per heavy atom. The molecule has 0 aliphatic rings. The normalized spacial score (nSPS) is 11.2. The molecule has 1 aromatic heterocycles. The van der Waals surface area contributed by atoms with Gasteiger partial charge in [-0.15, -0.1) is 0 Å². The van der Waals surface area contributed by atoms with Crippen LogP contribution in [0.2, 0.25) is 0 Å². The van der Waals surface area contributed by atoms with Crippen molar-refractivity contribution in [3.05, 3.63) is 102 Å². The molecule has 172 valence electrons. The maximum Gasteiger partial charge on any atom is 0.268 e. The lowest BCUT2D eigenvalue weighted by Gasteiger charge is -2.13. The average Bonchev–Trinajstić information content (AvgIpc) is 3.40. The Labute approximate surface area is 197 Å². The molecule has 0 aliphatic carbocycles. The molecule has 1 heterocycles. The first-order valence-corrected chi connectivity index (χ1v) is 10.6. The molecular weight excluding hydrogens is 432 g/mol. The molecule has 7 heteroatoms. The number of benzene rings is 3. The summed E-state index contributed by atoms with van der Waals surface area (Å²) in [5, 5.41) is 7.52. The molecule has 0 saturated heterocycles. The first kappa shape index (κ1) is 22.7. The fraction of sp³-hybridized carbons (Fsp3) is 0.111. The Hall–Kier alpha value is -4.52. The summed E-state index contributed by atoms with van der Waals surface area (Å²) in [6.07, 6.45) is 3.20. The predicted octanol–water partition coefficient (Wildman–Crippen LogP) is 4.54. The van der Waals surface area contributed by atoms with Crippen molar-refractivity contribution in [3.8, 4) is 11.5 Å². The van der Waals surface area contributed by atoms with E-state index in [1.807, 2.05) is 42.5 Å². The number of hydrogen-bond acceptors (Lipinski definition) is 5. The first-order chi connectivity index (χ1) is 16.6. The number of carbonyl (C=O) groups is 2. The zero-order valence-electron chi connectivity index (χ0n) is 18.8. The number of carbonyl (C=O) groups excluding carboxylic acids is 2. The van der Waals surface area contributed by atoms with Gasteiger partial charge in [-0.2, -0.15) is 0 Å². The van der Waals surface area contributed by atoms with Gasteiger partial charge in [-0.05, 0) is 52.7 Å². The van der Waals surface area contributed by atoms with Crippen LogP contribution in [0, 0.1) is 0 Å². The predicted molar refractivity (Wildman–Crippen MR) is 129 cm³/mol. The van der Waals surface area contributed by atoms with Crippen molar-refractivity contribution >= 4 is 28.7 Å². The van der Waals surface area contributed by atoms with Crippen LogP contribution in [0.1, 0.15) is 21.7 Å². The summed E-state index contributed by atoms with van der Waals surface area (Å²) in [6, 6.07) is 21.9. The molecule has 2 amide bonds. The minimum Gasteiger partial charge on any atom is -0.493 e. The van der Waals surface area contributed by atoms with Crippen LogP contribution in [0.3, 0.4) is 0 Å². The Morgan fingerprint density at radius 2 is 1.71 bits per heavy atom. The van der Waals surface area contributed by atoms with Crippen molar-refractivity contribution in [2.24, 2.45) is 0 Å². The van der Waals surface area contributed by atoms with Gasteiger partial charge in [0, 0.05) is 5.56 Å². The standard InChI is InChI=1S/C27H24N2O5/c1-32-24-13-12-20(16-25(24)33-2)26(30)29-23(27(31)28-17-21-10-6-14-34-21)15-19-9-5-8-18-7-3-4-11-22(18)19/h3-16H,17H2,1-2H3,(H,28,31)(H,29,30)/b23-15-. The molecule has 0 aliphatic heterocycles. The highest BCUT2D eigenvalue weighted by molar-refractivity contribution is 6.06. The molecule has 0 bridgehead atoms. The van der Waals surface area contributed by atoms with Crippen molar-refractivity contribution in [3.63, 3.8) is 0 Å².